The van der Waals surface area contributed by atoms with Crippen molar-refractivity contribution in [1.82, 2.24) is 14.9 Å². The molecule has 0 spiro atoms. The lowest BCUT2D eigenvalue weighted by Gasteiger charge is -2.23. The van der Waals surface area contributed by atoms with Gasteiger partial charge in [-0.05, 0) is 68.8 Å². The second-order valence-electron chi connectivity index (χ2n) is 8.75. The van der Waals surface area contributed by atoms with Crippen LogP contribution in [0.15, 0.2) is 30.6 Å². The van der Waals surface area contributed by atoms with Crippen LogP contribution >= 0.6 is 0 Å². The quantitative estimate of drug-likeness (QED) is 0.477. The second kappa shape index (κ2) is 10.7. The van der Waals surface area contributed by atoms with E-state index in [0.717, 1.165) is 56.3 Å². The zero-order valence-corrected chi connectivity index (χ0v) is 19.0. The Hall–Kier alpha value is -2.27. The highest BCUT2D eigenvalue weighted by Crippen LogP contribution is 2.31. The largest absolute Gasteiger partial charge is 0.356 e. The van der Waals surface area contributed by atoms with E-state index in [1.807, 2.05) is 6.07 Å². The van der Waals surface area contributed by atoms with Crippen LogP contribution in [0.25, 0.3) is 0 Å². The Balaban J connectivity index is 1.68. The average molecular weight is 409 g/mol. The number of carbonyl (C=O) groups is 1. The lowest BCUT2D eigenvalue weighted by molar-refractivity contribution is 0.0988. The number of Topliss-reactive ketones (excluding diaryl/α,β-unsaturated/α-hetero) is 1. The minimum atomic E-state index is 0.0560. The van der Waals surface area contributed by atoms with Crippen molar-refractivity contribution < 1.29 is 4.79 Å². The van der Waals surface area contributed by atoms with Crippen LogP contribution in [-0.2, 0) is 13.0 Å². The van der Waals surface area contributed by atoms with E-state index < -0.39 is 0 Å². The number of ketones is 1. The number of carbonyl (C=O) groups excluding carboxylic acids is 1. The van der Waals surface area contributed by atoms with Gasteiger partial charge in [-0.3, -0.25) is 4.79 Å². The van der Waals surface area contributed by atoms with Gasteiger partial charge >= 0.3 is 0 Å². The molecule has 2 aromatic rings. The van der Waals surface area contributed by atoms with Gasteiger partial charge in [-0.15, -0.1) is 0 Å². The zero-order chi connectivity index (χ0) is 21.5. The van der Waals surface area contributed by atoms with Gasteiger partial charge < -0.3 is 9.80 Å². The summed E-state index contributed by atoms with van der Waals surface area (Å²) >= 11 is 0. The van der Waals surface area contributed by atoms with Gasteiger partial charge in [0.25, 0.3) is 0 Å². The molecule has 0 atom stereocenters. The summed E-state index contributed by atoms with van der Waals surface area (Å²) in [5.41, 5.74) is 4.05. The molecular formula is C25H36N4O. The van der Waals surface area contributed by atoms with Crippen LogP contribution in [0.1, 0.15) is 66.7 Å². The molecule has 0 bridgehead atoms. The monoisotopic (exact) mass is 408 g/mol. The smallest absolute Gasteiger partial charge is 0.185 e. The van der Waals surface area contributed by atoms with Gasteiger partial charge in [0.2, 0.25) is 0 Å². The minimum absolute atomic E-state index is 0.0560. The fraction of sp³-hybridized carbons (Fsp3) is 0.560. The van der Waals surface area contributed by atoms with Crippen LogP contribution in [0, 0.1) is 12.8 Å². The first-order valence-electron chi connectivity index (χ1n) is 11.4. The molecule has 30 heavy (non-hydrogen) atoms. The average Bonchev–Trinajstić information content (AvgIpc) is 3.54. The summed E-state index contributed by atoms with van der Waals surface area (Å²) in [5, 5.41) is 0. The standard InChI is InChI=1S/C25H36N4O/c1-5-11-28(4)16-21-9-10-22(19(3)13-21)14-24(30)23-15-25(27-18-26-23)29(12-6-2)17-20-7-8-20/h9-10,13,15,18,20H,5-8,11-12,14,16-17H2,1-4H3. The van der Waals surface area contributed by atoms with Gasteiger partial charge in [0, 0.05) is 32.1 Å². The van der Waals surface area contributed by atoms with Gasteiger partial charge in [-0.25, -0.2) is 9.97 Å². The molecule has 0 saturated heterocycles. The third kappa shape index (κ3) is 6.36. The first-order valence-corrected chi connectivity index (χ1v) is 11.4. The van der Waals surface area contributed by atoms with Crippen LogP contribution in [0.5, 0.6) is 0 Å². The molecule has 0 amide bonds. The van der Waals surface area contributed by atoms with E-state index in [1.165, 1.54) is 30.3 Å². The van der Waals surface area contributed by atoms with Crippen molar-refractivity contribution in [2.24, 2.45) is 5.92 Å². The van der Waals surface area contributed by atoms with E-state index in [0.29, 0.717) is 12.1 Å². The second-order valence-corrected chi connectivity index (χ2v) is 8.75. The van der Waals surface area contributed by atoms with Crippen molar-refractivity contribution >= 4 is 11.6 Å². The van der Waals surface area contributed by atoms with E-state index in [-0.39, 0.29) is 5.78 Å². The Morgan fingerprint density at radius 3 is 2.53 bits per heavy atom. The molecule has 1 aromatic heterocycles. The highest BCUT2D eigenvalue weighted by atomic mass is 16.1. The maximum atomic E-state index is 13.0. The van der Waals surface area contributed by atoms with Crippen molar-refractivity contribution in [2.75, 3.05) is 31.6 Å². The first kappa shape index (κ1) is 22.4. The molecule has 5 heteroatoms. The third-order valence-corrected chi connectivity index (χ3v) is 5.75. The SMILES string of the molecule is CCCN(C)Cc1ccc(CC(=O)c2cc(N(CCC)CC3CC3)ncn2)c(C)c1. The molecular weight excluding hydrogens is 372 g/mol. The maximum Gasteiger partial charge on any atom is 0.185 e. The normalized spacial score (nSPS) is 13.6. The lowest BCUT2D eigenvalue weighted by atomic mass is 9.99. The van der Waals surface area contributed by atoms with E-state index in [4.69, 9.17) is 0 Å². The first-order chi connectivity index (χ1) is 14.5. The Labute approximate surface area is 181 Å². The molecule has 1 aliphatic rings. The summed E-state index contributed by atoms with van der Waals surface area (Å²) in [4.78, 5) is 26.3. The van der Waals surface area contributed by atoms with Crippen LogP contribution in [0.4, 0.5) is 5.82 Å². The maximum absolute atomic E-state index is 13.0. The van der Waals surface area contributed by atoms with E-state index in [1.54, 1.807) is 0 Å². The Bertz CT molecular complexity index is 847. The summed E-state index contributed by atoms with van der Waals surface area (Å²) in [6.45, 7) is 10.5. The summed E-state index contributed by atoms with van der Waals surface area (Å²) in [6.07, 6.45) is 6.75. The Morgan fingerprint density at radius 1 is 1.10 bits per heavy atom. The number of hydrogen-bond donors (Lipinski definition) is 0. The molecule has 0 aliphatic heterocycles. The number of aromatic nitrogens is 2. The Morgan fingerprint density at radius 2 is 1.87 bits per heavy atom. The van der Waals surface area contributed by atoms with Crippen molar-refractivity contribution in [3.63, 3.8) is 0 Å². The van der Waals surface area contributed by atoms with Gasteiger partial charge in [0.15, 0.2) is 5.78 Å². The zero-order valence-electron chi connectivity index (χ0n) is 19.0. The van der Waals surface area contributed by atoms with Crippen LogP contribution in [-0.4, -0.2) is 47.3 Å². The fourth-order valence-corrected chi connectivity index (χ4v) is 3.94. The van der Waals surface area contributed by atoms with Crippen LogP contribution < -0.4 is 4.90 Å². The number of anilines is 1. The predicted octanol–water partition coefficient (Wildman–Crippen LogP) is 4.68. The van der Waals surface area contributed by atoms with Crippen LogP contribution in [0.3, 0.4) is 0 Å². The highest BCUT2D eigenvalue weighted by molar-refractivity contribution is 5.96. The molecule has 0 N–H and O–H groups in total. The summed E-state index contributed by atoms with van der Waals surface area (Å²) in [5.74, 6) is 1.72. The number of rotatable bonds is 12. The van der Waals surface area contributed by atoms with Gasteiger partial charge in [0.1, 0.15) is 17.8 Å². The lowest BCUT2D eigenvalue weighted by Crippen LogP contribution is -2.27. The fourth-order valence-electron chi connectivity index (χ4n) is 3.94. The molecule has 1 aromatic carbocycles. The van der Waals surface area contributed by atoms with Gasteiger partial charge in [0.05, 0.1) is 0 Å². The van der Waals surface area contributed by atoms with E-state index >= 15 is 0 Å². The van der Waals surface area contributed by atoms with E-state index in [9.17, 15) is 4.79 Å². The summed E-state index contributed by atoms with van der Waals surface area (Å²) in [6, 6.07) is 8.33. The number of benzene rings is 1. The topological polar surface area (TPSA) is 49.3 Å². The predicted molar refractivity (Wildman–Crippen MR) is 123 cm³/mol. The molecule has 1 aliphatic carbocycles. The molecule has 3 rings (SSSR count). The number of aryl methyl sites for hydroxylation is 1. The molecule has 1 heterocycles. The van der Waals surface area contributed by atoms with Crippen LogP contribution in [0.2, 0.25) is 0 Å². The Kier molecular flexibility index (Phi) is 7.97. The van der Waals surface area contributed by atoms with Gasteiger partial charge in [-0.1, -0.05) is 32.0 Å². The van der Waals surface area contributed by atoms with Gasteiger partial charge in [-0.2, -0.15) is 0 Å². The molecule has 1 fully saturated rings. The summed E-state index contributed by atoms with van der Waals surface area (Å²) < 4.78 is 0. The molecule has 162 valence electrons. The van der Waals surface area contributed by atoms with Crippen molar-refractivity contribution in [1.29, 1.82) is 0 Å². The minimum Gasteiger partial charge on any atom is -0.356 e. The molecule has 1 saturated carbocycles. The summed E-state index contributed by atoms with van der Waals surface area (Å²) in [7, 11) is 2.15. The van der Waals surface area contributed by atoms with Crippen molar-refractivity contribution in [3.05, 3.63) is 53.0 Å². The van der Waals surface area contributed by atoms with Crippen molar-refractivity contribution in [3.8, 4) is 0 Å². The number of nitrogens with zero attached hydrogens (tertiary/aromatic N) is 4. The number of hydrogen-bond acceptors (Lipinski definition) is 5. The highest BCUT2D eigenvalue weighted by Gasteiger charge is 2.25. The van der Waals surface area contributed by atoms with E-state index in [2.05, 4.69) is 65.8 Å². The third-order valence-electron chi connectivity index (χ3n) is 5.75. The molecule has 5 nitrogen and oxygen atoms in total. The van der Waals surface area contributed by atoms with Crippen molar-refractivity contribution in [2.45, 2.75) is 59.4 Å². The molecule has 0 unspecified atom stereocenters. The molecule has 0 radical (unpaired) electrons.